The molecular weight excluding hydrogens is 437 g/mol. The molecule has 3 aromatic rings. The molecule has 9 heteroatoms. The van der Waals surface area contributed by atoms with E-state index in [0.29, 0.717) is 30.5 Å². The number of benzene rings is 1. The van der Waals surface area contributed by atoms with E-state index in [1.165, 1.54) is 0 Å². The van der Waals surface area contributed by atoms with Crippen LogP contribution in [0.4, 0.5) is 0 Å². The average molecular weight is 464 g/mol. The first-order valence-corrected chi connectivity index (χ1v) is 9.98. The lowest BCUT2D eigenvalue weighted by molar-refractivity contribution is -0.136. The number of amides is 1. The Morgan fingerprint density at radius 1 is 1.10 bits per heavy atom. The molecule has 1 aromatic carbocycles. The number of hydrogen-bond acceptors (Lipinski definition) is 6. The maximum absolute atomic E-state index is 12.9. The van der Waals surface area contributed by atoms with Gasteiger partial charge >= 0.3 is 0 Å². The summed E-state index contributed by atoms with van der Waals surface area (Å²) in [5, 5.41) is 4.06. The highest BCUT2D eigenvalue weighted by molar-refractivity contribution is 5.85. The number of hydrogen-bond donors (Lipinski definition) is 1. The van der Waals surface area contributed by atoms with E-state index in [1.807, 2.05) is 60.4 Å². The molecule has 4 rings (SSSR count). The van der Waals surface area contributed by atoms with Crippen LogP contribution in [0.2, 0.25) is 0 Å². The van der Waals surface area contributed by atoms with Gasteiger partial charge in [0.05, 0.1) is 5.92 Å². The van der Waals surface area contributed by atoms with Crippen molar-refractivity contribution in [3.63, 3.8) is 0 Å². The summed E-state index contributed by atoms with van der Waals surface area (Å²) in [5.74, 6) is 1.10. The summed E-state index contributed by atoms with van der Waals surface area (Å²) in [6.07, 6.45) is 3.29. The molecule has 0 spiro atoms. The largest absolute Gasteiger partial charge is 0.342 e. The molecule has 0 bridgehead atoms. The quantitative estimate of drug-likeness (QED) is 0.613. The van der Waals surface area contributed by atoms with E-state index in [1.54, 1.807) is 6.20 Å². The minimum atomic E-state index is -0.307. The number of aromatic nitrogens is 3. The third-order valence-corrected chi connectivity index (χ3v) is 5.60. The molecule has 0 radical (unpaired) electrons. The van der Waals surface area contributed by atoms with Crippen molar-refractivity contribution in [3.8, 4) is 11.5 Å². The topological polar surface area (TPSA) is 98.1 Å². The first kappa shape index (κ1) is 24.8. The maximum atomic E-state index is 12.9. The zero-order chi connectivity index (χ0) is 20.2. The van der Waals surface area contributed by atoms with E-state index in [0.717, 1.165) is 18.4 Å². The third kappa shape index (κ3) is 5.61. The molecule has 1 aliphatic rings. The minimum absolute atomic E-state index is 0. The van der Waals surface area contributed by atoms with Crippen LogP contribution < -0.4 is 5.73 Å². The van der Waals surface area contributed by atoms with Crippen LogP contribution >= 0.6 is 24.8 Å². The molecule has 1 aliphatic heterocycles. The Bertz CT molecular complexity index is 947. The summed E-state index contributed by atoms with van der Waals surface area (Å²) < 4.78 is 5.47. The molecule has 1 amide bonds. The molecule has 1 fully saturated rings. The molecule has 2 atom stereocenters. The van der Waals surface area contributed by atoms with Crippen LogP contribution in [-0.2, 0) is 4.79 Å². The van der Waals surface area contributed by atoms with Crippen molar-refractivity contribution in [1.82, 2.24) is 20.0 Å². The second-order valence-electron chi connectivity index (χ2n) is 7.50. The number of nitrogens with two attached hydrogens (primary N) is 1. The van der Waals surface area contributed by atoms with Gasteiger partial charge in [0, 0.05) is 31.2 Å². The number of nitrogens with zero attached hydrogens (tertiary/aromatic N) is 4. The smallest absolute Gasteiger partial charge is 0.230 e. The fraction of sp³-hybridized carbons (Fsp3) is 0.364. The second-order valence-corrected chi connectivity index (χ2v) is 7.50. The predicted octanol–water partition coefficient (Wildman–Crippen LogP) is 4.02. The van der Waals surface area contributed by atoms with Crippen molar-refractivity contribution in [2.75, 3.05) is 13.1 Å². The van der Waals surface area contributed by atoms with Crippen LogP contribution in [-0.4, -0.2) is 39.0 Å². The third-order valence-electron chi connectivity index (χ3n) is 5.60. The van der Waals surface area contributed by atoms with Crippen LogP contribution in [0.25, 0.3) is 11.5 Å². The number of likely N-dealkylation sites (tertiary alicyclic amines) is 1. The molecule has 3 heterocycles. The van der Waals surface area contributed by atoms with Crippen molar-refractivity contribution >= 4 is 30.7 Å². The van der Waals surface area contributed by atoms with E-state index >= 15 is 0 Å². The molecule has 0 saturated carbocycles. The molecule has 0 aliphatic carbocycles. The predicted molar refractivity (Wildman–Crippen MR) is 123 cm³/mol. The number of rotatable bonds is 5. The Morgan fingerprint density at radius 3 is 2.42 bits per heavy atom. The minimum Gasteiger partial charge on any atom is -0.342 e. The highest BCUT2D eigenvalue weighted by Crippen LogP contribution is 2.30. The second kappa shape index (κ2) is 11.2. The molecule has 2 unspecified atom stereocenters. The molecule has 31 heavy (non-hydrogen) atoms. The van der Waals surface area contributed by atoms with Crippen molar-refractivity contribution in [1.29, 1.82) is 0 Å². The van der Waals surface area contributed by atoms with Gasteiger partial charge in [-0.3, -0.25) is 9.78 Å². The van der Waals surface area contributed by atoms with Gasteiger partial charge in [-0.05, 0) is 30.5 Å². The van der Waals surface area contributed by atoms with Crippen molar-refractivity contribution in [2.45, 2.75) is 31.7 Å². The lowest BCUT2D eigenvalue weighted by Gasteiger charge is -2.33. The van der Waals surface area contributed by atoms with Crippen molar-refractivity contribution in [3.05, 3.63) is 66.2 Å². The maximum Gasteiger partial charge on any atom is 0.230 e. The zero-order valence-corrected chi connectivity index (χ0v) is 18.9. The monoisotopic (exact) mass is 463 g/mol. The van der Waals surface area contributed by atoms with Crippen LogP contribution in [0.3, 0.4) is 0 Å². The summed E-state index contributed by atoms with van der Waals surface area (Å²) in [4.78, 5) is 23.6. The number of pyridine rings is 1. The molecule has 7 nitrogen and oxygen atoms in total. The lowest BCUT2D eigenvalue weighted by atomic mass is 9.91. The van der Waals surface area contributed by atoms with Crippen LogP contribution in [0.15, 0.2) is 59.3 Å². The summed E-state index contributed by atoms with van der Waals surface area (Å²) in [7, 11) is 0. The van der Waals surface area contributed by atoms with Gasteiger partial charge in [0.1, 0.15) is 5.69 Å². The summed E-state index contributed by atoms with van der Waals surface area (Å²) in [6, 6.07) is 15.1. The molecular formula is C22H27Cl2N5O2. The molecule has 2 N–H and O–H groups in total. The van der Waals surface area contributed by atoms with Gasteiger partial charge in [-0.2, -0.15) is 4.98 Å². The Hall–Kier alpha value is -2.48. The number of halogens is 2. The van der Waals surface area contributed by atoms with Crippen LogP contribution in [0.1, 0.15) is 43.2 Å². The van der Waals surface area contributed by atoms with E-state index in [-0.39, 0.29) is 48.6 Å². The highest BCUT2D eigenvalue weighted by Gasteiger charge is 2.32. The number of carbonyl (C=O) groups is 1. The van der Waals surface area contributed by atoms with Crippen LogP contribution in [0, 0.1) is 5.92 Å². The van der Waals surface area contributed by atoms with Gasteiger partial charge in [-0.15, -0.1) is 24.8 Å². The normalized spacial score (nSPS) is 16.0. The van der Waals surface area contributed by atoms with Crippen molar-refractivity contribution in [2.24, 2.45) is 11.7 Å². The number of carbonyl (C=O) groups excluding carboxylic acids is 1. The van der Waals surface area contributed by atoms with Gasteiger partial charge in [0.2, 0.25) is 17.6 Å². The summed E-state index contributed by atoms with van der Waals surface area (Å²) in [5.41, 5.74) is 8.01. The van der Waals surface area contributed by atoms with E-state index < -0.39 is 0 Å². The van der Waals surface area contributed by atoms with E-state index in [2.05, 4.69) is 15.1 Å². The first-order chi connectivity index (χ1) is 14.1. The SMILES string of the molecule is CC(C(=O)N1CCC(c2nc(-c3ccccn3)no2)CC1)C(N)c1ccccc1.Cl.Cl. The summed E-state index contributed by atoms with van der Waals surface area (Å²) in [6.45, 7) is 3.23. The number of piperidine rings is 1. The molecule has 166 valence electrons. The standard InChI is InChI=1S/C22H25N5O2.2ClH/c1-15(19(23)16-7-3-2-4-8-16)22(28)27-13-10-17(11-14-27)21-25-20(26-29-21)18-9-5-6-12-24-18;;/h2-9,12,15,17,19H,10-11,13-14,23H2,1H3;2*1H. The van der Waals surface area contributed by atoms with E-state index in [9.17, 15) is 4.79 Å². The Labute approximate surface area is 194 Å². The van der Waals surface area contributed by atoms with Gasteiger partial charge in [-0.25, -0.2) is 0 Å². The lowest BCUT2D eigenvalue weighted by Crippen LogP contribution is -2.43. The van der Waals surface area contributed by atoms with Gasteiger partial charge in [0.15, 0.2) is 0 Å². The van der Waals surface area contributed by atoms with Crippen LogP contribution in [0.5, 0.6) is 0 Å². The van der Waals surface area contributed by atoms with E-state index in [4.69, 9.17) is 10.3 Å². The zero-order valence-electron chi connectivity index (χ0n) is 17.3. The molecule has 2 aromatic heterocycles. The summed E-state index contributed by atoms with van der Waals surface area (Å²) >= 11 is 0. The highest BCUT2D eigenvalue weighted by atomic mass is 35.5. The van der Waals surface area contributed by atoms with Gasteiger partial charge < -0.3 is 15.2 Å². The molecule has 1 saturated heterocycles. The fourth-order valence-electron chi connectivity index (χ4n) is 3.75. The first-order valence-electron chi connectivity index (χ1n) is 9.98. The Kier molecular flexibility index (Phi) is 8.98. The average Bonchev–Trinajstić information content (AvgIpc) is 3.29. The van der Waals surface area contributed by atoms with Gasteiger partial charge in [0.25, 0.3) is 0 Å². The van der Waals surface area contributed by atoms with Crippen molar-refractivity contribution < 1.29 is 9.32 Å². The Balaban J connectivity index is 0.00000171. The fourth-order valence-corrected chi connectivity index (χ4v) is 3.75. The van der Waals surface area contributed by atoms with Gasteiger partial charge in [-0.1, -0.05) is 48.5 Å². The Morgan fingerprint density at radius 2 is 1.77 bits per heavy atom.